The number of benzene rings is 1. The maximum atomic E-state index is 12.0. The van der Waals surface area contributed by atoms with Crippen LogP contribution in [0, 0.1) is 5.92 Å². The molecule has 1 N–H and O–H groups in total. The lowest BCUT2D eigenvalue weighted by Crippen LogP contribution is -2.46. The van der Waals surface area contributed by atoms with Gasteiger partial charge in [0.1, 0.15) is 0 Å². The van der Waals surface area contributed by atoms with Crippen LogP contribution in [-0.2, 0) is 32.2 Å². The van der Waals surface area contributed by atoms with Crippen LogP contribution in [0.4, 0.5) is 0 Å². The number of hydrogen-bond donors (Lipinski definition) is 1. The number of rotatable bonds is 8. The molecule has 0 radical (unpaired) electrons. The number of carbonyl (C=O) groups is 1. The topological polar surface area (TPSA) is 72.4 Å². The van der Waals surface area contributed by atoms with Gasteiger partial charge in [0, 0.05) is 32.8 Å². The van der Waals surface area contributed by atoms with E-state index >= 15 is 0 Å². The molecule has 1 aromatic rings. The Bertz CT molecular complexity index is 700. The zero-order valence-corrected chi connectivity index (χ0v) is 21.7. The van der Waals surface area contributed by atoms with Gasteiger partial charge < -0.3 is 24.4 Å². The van der Waals surface area contributed by atoms with Gasteiger partial charge in [-0.05, 0) is 50.7 Å². The first kappa shape index (κ1) is 26.9. The minimum absolute atomic E-state index is 0. The molecule has 0 saturated carbocycles. The maximum Gasteiger partial charge on any atom is 0.309 e. The second-order valence-electron chi connectivity index (χ2n) is 8.12. The number of hydrogen-bond acceptors (Lipinski definition) is 5. The lowest BCUT2D eigenvalue weighted by atomic mass is 9.97. The van der Waals surface area contributed by atoms with Gasteiger partial charge in [-0.15, -0.1) is 24.0 Å². The van der Waals surface area contributed by atoms with E-state index in [4.69, 9.17) is 19.2 Å². The molecule has 1 aromatic carbocycles. The third kappa shape index (κ3) is 8.51. The maximum absolute atomic E-state index is 12.0. The third-order valence-corrected chi connectivity index (χ3v) is 5.84. The molecular formula is C24H38IN3O4. The van der Waals surface area contributed by atoms with Crippen LogP contribution in [0.15, 0.2) is 29.3 Å². The van der Waals surface area contributed by atoms with E-state index in [1.54, 1.807) is 0 Å². The fraction of sp³-hybridized carbons (Fsp3) is 0.667. The number of nitrogens with zero attached hydrogens (tertiary/aromatic N) is 2. The Hall–Kier alpha value is -1.39. The molecule has 0 bridgehead atoms. The largest absolute Gasteiger partial charge is 0.466 e. The summed E-state index contributed by atoms with van der Waals surface area (Å²) in [5.74, 6) is 0.858. The van der Waals surface area contributed by atoms with Gasteiger partial charge in [-0.3, -0.25) is 4.79 Å². The third-order valence-electron chi connectivity index (χ3n) is 5.84. The molecule has 2 fully saturated rings. The molecule has 0 amide bonds. The summed E-state index contributed by atoms with van der Waals surface area (Å²) in [4.78, 5) is 19.1. The van der Waals surface area contributed by atoms with Crippen molar-refractivity contribution in [3.63, 3.8) is 0 Å². The van der Waals surface area contributed by atoms with Gasteiger partial charge in [-0.1, -0.05) is 24.3 Å². The van der Waals surface area contributed by atoms with Gasteiger partial charge in [-0.25, -0.2) is 4.99 Å². The van der Waals surface area contributed by atoms with E-state index in [-0.39, 0.29) is 35.9 Å². The second kappa shape index (κ2) is 14.7. The molecule has 0 aromatic heterocycles. The van der Waals surface area contributed by atoms with Crippen LogP contribution in [-0.4, -0.2) is 62.4 Å². The summed E-state index contributed by atoms with van der Waals surface area (Å²) in [5.41, 5.74) is 2.36. The number of ether oxygens (including phenoxy) is 3. The standard InChI is InChI=1S/C24H37N3O4.HI/c1-3-25-24(27-13-9-21(10-14-27)23(28)30-4-2)26-17-19-5-7-20(8-6-19)18-31-22-11-15-29-16-12-22;/h5-8,21-22H,3-4,9-18H2,1-2H3,(H,25,26);1H. The number of aliphatic imine (C=N–C) groups is 1. The van der Waals surface area contributed by atoms with E-state index in [1.807, 2.05) is 6.92 Å². The number of nitrogens with one attached hydrogen (secondary N) is 1. The van der Waals surface area contributed by atoms with E-state index in [0.29, 0.717) is 25.9 Å². The van der Waals surface area contributed by atoms with Crippen molar-refractivity contribution in [1.82, 2.24) is 10.2 Å². The Morgan fingerprint density at radius 1 is 1.09 bits per heavy atom. The van der Waals surface area contributed by atoms with Crippen molar-refractivity contribution in [2.45, 2.75) is 58.8 Å². The summed E-state index contributed by atoms with van der Waals surface area (Å²) < 4.78 is 16.6. The number of carbonyl (C=O) groups excluding carboxylic acids is 1. The van der Waals surface area contributed by atoms with Crippen LogP contribution < -0.4 is 5.32 Å². The lowest BCUT2D eigenvalue weighted by molar-refractivity contribution is -0.149. The number of halogens is 1. The van der Waals surface area contributed by atoms with Crippen molar-refractivity contribution in [2.75, 3.05) is 39.5 Å². The highest BCUT2D eigenvalue weighted by Gasteiger charge is 2.27. The zero-order chi connectivity index (χ0) is 21.9. The summed E-state index contributed by atoms with van der Waals surface area (Å²) in [6, 6.07) is 8.51. The normalized spacial score (nSPS) is 18.2. The van der Waals surface area contributed by atoms with Crippen LogP contribution in [0.3, 0.4) is 0 Å². The van der Waals surface area contributed by atoms with Crippen molar-refractivity contribution in [1.29, 1.82) is 0 Å². The molecule has 3 rings (SSSR count). The predicted molar refractivity (Wildman–Crippen MR) is 136 cm³/mol. The predicted octanol–water partition coefficient (Wildman–Crippen LogP) is 3.74. The summed E-state index contributed by atoms with van der Waals surface area (Å²) in [6.45, 7) is 9.71. The Labute approximate surface area is 209 Å². The van der Waals surface area contributed by atoms with Gasteiger partial charge in [0.05, 0.1) is 31.8 Å². The summed E-state index contributed by atoms with van der Waals surface area (Å²) in [6.07, 6.45) is 3.90. The molecule has 180 valence electrons. The molecule has 2 aliphatic heterocycles. The van der Waals surface area contributed by atoms with E-state index in [2.05, 4.69) is 41.4 Å². The number of likely N-dealkylation sites (tertiary alicyclic amines) is 1. The van der Waals surface area contributed by atoms with Gasteiger partial charge in [0.15, 0.2) is 5.96 Å². The highest BCUT2D eigenvalue weighted by molar-refractivity contribution is 14.0. The Morgan fingerprint density at radius 2 is 1.75 bits per heavy atom. The van der Waals surface area contributed by atoms with E-state index in [0.717, 1.165) is 64.5 Å². The molecule has 32 heavy (non-hydrogen) atoms. The van der Waals surface area contributed by atoms with Crippen molar-refractivity contribution in [2.24, 2.45) is 10.9 Å². The Balaban J connectivity index is 0.00000363. The molecule has 8 heteroatoms. The quantitative estimate of drug-likeness (QED) is 0.227. The lowest BCUT2D eigenvalue weighted by Gasteiger charge is -2.33. The summed E-state index contributed by atoms with van der Waals surface area (Å²) in [5, 5.41) is 3.39. The van der Waals surface area contributed by atoms with E-state index < -0.39 is 0 Å². The number of guanidine groups is 1. The van der Waals surface area contributed by atoms with Crippen LogP contribution >= 0.6 is 24.0 Å². The Kier molecular flexibility index (Phi) is 12.3. The average molecular weight is 559 g/mol. The molecular weight excluding hydrogens is 521 g/mol. The summed E-state index contributed by atoms with van der Waals surface area (Å²) in [7, 11) is 0. The molecule has 2 saturated heterocycles. The van der Waals surface area contributed by atoms with Crippen molar-refractivity contribution in [3.8, 4) is 0 Å². The van der Waals surface area contributed by atoms with Crippen LogP contribution in [0.2, 0.25) is 0 Å². The zero-order valence-electron chi connectivity index (χ0n) is 19.4. The summed E-state index contributed by atoms with van der Waals surface area (Å²) >= 11 is 0. The minimum Gasteiger partial charge on any atom is -0.466 e. The number of piperidine rings is 1. The Morgan fingerprint density at radius 3 is 2.38 bits per heavy atom. The molecule has 2 aliphatic rings. The first-order valence-electron chi connectivity index (χ1n) is 11.7. The second-order valence-corrected chi connectivity index (χ2v) is 8.12. The van der Waals surface area contributed by atoms with Crippen molar-refractivity contribution < 1.29 is 19.0 Å². The van der Waals surface area contributed by atoms with Crippen molar-refractivity contribution >= 4 is 35.9 Å². The first-order valence-corrected chi connectivity index (χ1v) is 11.7. The number of esters is 1. The van der Waals surface area contributed by atoms with Crippen LogP contribution in [0.5, 0.6) is 0 Å². The average Bonchev–Trinajstić information content (AvgIpc) is 2.82. The van der Waals surface area contributed by atoms with E-state index in [1.165, 1.54) is 11.1 Å². The molecule has 0 aliphatic carbocycles. The SMILES string of the molecule is CCNC(=NCc1ccc(COC2CCOCC2)cc1)N1CCC(C(=O)OCC)CC1.I. The fourth-order valence-corrected chi connectivity index (χ4v) is 3.98. The van der Waals surface area contributed by atoms with E-state index in [9.17, 15) is 4.79 Å². The fourth-order valence-electron chi connectivity index (χ4n) is 3.98. The minimum atomic E-state index is -0.0648. The molecule has 0 spiro atoms. The van der Waals surface area contributed by atoms with Gasteiger partial charge in [0.2, 0.25) is 0 Å². The van der Waals surface area contributed by atoms with Crippen molar-refractivity contribution in [3.05, 3.63) is 35.4 Å². The first-order chi connectivity index (χ1) is 15.2. The molecule has 2 heterocycles. The van der Waals surface area contributed by atoms with Crippen LogP contribution in [0.25, 0.3) is 0 Å². The van der Waals surface area contributed by atoms with Gasteiger partial charge in [-0.2, -0.15) is 0 Å². The highest BCUT2D eigenvalue weighted by atomic mass is 127. The van der Waals surface area contributed by atoms with Gasteiger partial charge in [0.25, 0.3) is 0 Å². The molecule has 7 nitrogen and oxygen atoms in total. The monoisotopic (exact) mass is 559 g/mol. The highest BCUT2D eigenvalue weighted by Crippen LogP contribution is 2.19. The van der Waals surface area contributed by atoms with Gasteiger partial charge >= 0.3 is 5.97 Å². The van der Waals surface area contributed by atoms with Crippen LogP contribution in [0.1, 0.15) is 50.7 Å². The smallest absolute Gasteiger partial charge is 0.309 e. The molecule has 0 atom stereocenters. The molecule has 0 unspecified atom stereocenters.